The molecule has 114 valence electrons. The third-order valence-corrected chi connectivity index (χ3v) is 4.45. The zero-order valence-corrected chi connectivity index (χ0v) is 12.3. The van der Waals surface area contributed by atoms with Crippen LogP contribution in [-0.2, 0) is 13.0 Å². The molecule has 0 aliphatic carbocycles. The fourth-order valence-electron chi connectivity index (χ4n) is 3.22. The van der Waals surface area contributed by atoms with Gasteiger partial charge in [0, 0.05) is 44.8 Å². The van der Waals surface area contributed by atoms with E-state index in [9.17, 15) is 4.79 Å². The number of carbonyl (C=O) groups excluding carboxylic acids is 1. The number of piperazine rings is 1. The molecule has 2 aliphatic heterocycles. The number of benzene rings is 1. The number of rotatable bonds is 3. The molecule has 0 bridgehead atoms. The standard InChI is InChI=1S/C16H23N3O2/c20-11-10-18-6-8-19(9-7-18)16(21)15-3-1-2-13-12-17-5-4-14(13)15/h1-3,17,20H,4-12H2. The van der Waals surface area contributed by atoms with Crippen LogP contribution < -0.4 is 5.32 Å². The van der Waals surface area contributed by atoms with Gasteiger partial charge in [-0.2, -0.15) is 0 Å². The van der Waals surface area contributed by atoms with Gasteiger partial charge in [-0.3, -0.25) is 9.69 Å². The van der Waals surface area contributed by atoms with Gasteiger partial charge >= 0.3 is 0 Å². The number of nitrogens with zero attached hydrogens (tertiary/aromatic N) is 2. The first-order chi connectivity index (χ1) is 10.3. The minimum absolute atomic E-state index is 0.164. The Morgan fingerprint density at radius 3 is 2.81 bits per heavy atom. The number of nitrogens with one attached hydrogen (secondary N) is 1. The van der Waals surface area contributed by atoms with Crippen LogP contribution >= 0.6 is 0 Å². The van der Waals surface area contributed by atoms with Gasteiger partial charge in [-0.05, 0) is 30.2 Å². The average molecular weight is 289 g/mol. The molecule has 1 saturated heterocycles. The fourth-order valence-corrected chi connectivity index (χ4v) is 3.22. The third-order valence-electron chi connectivity index (χ3n) is 4.45. The summed E-state index contributed by atoms with van der Waals surface area (Å²) >= 11 is 0. The molecule has 0 radical (unpaired) electrons. The van der Waals surface area contributed by atoms with E-state index < -0.39 is 0 Å². The predicted molar refractivity (Wildman–Crippen MR) is 81.3 cm³/mol. The first-order valence-electron chi connectivity index (χ1n) is 7.73. The van der Waals surface area contributed by atoms with Crippen LogP contribution in [0.1, 0.15) is 21.5 Å². The summed E-state index contributed by atoms with van der Waals surface area (Å²) in [4.78, 5) is 16.9. The summed E-state index contributed by atoms with van der Waals surface area (Å²) in [6.45, 7) is 5.90. The van der Waals surface area contributed by atoms with Gasteiger partial charge in [0.05, 0.1) is 6.61 Å². The number of amides is 1. The number of fused-ring (bicyclic) bond motifs is 1. The summed E-state index contributed by atoms with van der Waals surface area (Å²) in [5.74, 6) is 0.164. The monoisotopic (exact) mass is 289 g/mol. The highest BCUT2D eigenvalue weighted by Gasteiger charge is 2.24. The van der Waals surface area contributed by atoms with Crippen molar-refractivity contribution in [3.05, 3.63) is 34.9 Å². The van der Waals surface area contributed by atoms with Gasteiger partial charge in [-0.15, -0.1) is 0 Å². The van der Waals surface area contributed by atoms with Crippen molar-refractivity contribution in [2.45, 2.75) is 13.0 Å². The largest absolute Gasteiger partial charge is 0.395 e. The second-order valence-corrected chi connectivity index (χ2v) is 5.73. The molecule has 1 amide bonds. The van der Waals surface area contributed by atoms with Crippen LogP contribution in [0.25, 0.3) is 0 Å². The first kappa shape index (κ1) is 14.5. The van der Waals surface area contributed by atoms with E-state index in [4.69, 9.17) is 5.11 Å². The van der Waals surface area contributed by atoms with Crippen molar-refractivity contribution in [2.75, 3.05) is 45.9 Å². The molecular formula is C16H23N3O2. The van der Waals surface area contributed by atoms with Gasteiger partial charge < -0.3 is 15.3 Å². The lowest BCUT2D eigenvalue weighted by atomic mass is 9.94. The average Bonchev–Trinajstić information content (AvgIpc) is 2.55. The van der Waals surface area contributed by atoms with Crippen molar-refractivity contribution in [2.24, 2.45) is 0 Å². The summed E-state index contributed by atoms with van der Waals surface area (Å²) in [6.07, 6.45) is 0.932. The zero-order chi connectivity index (χ0) is 14.7. The maximum absolute atomic E-state index is 12.8. The number of hydrogen-bond acceptors (Lipinski definition) is 4. The lowest BCUT2D eigenvalue weighted by molar-refractivity contribution is 0.0613. The van der Waals surface area contributed by atoms with E-state index in [0.717, 1.165) is 51.3 Å². The van der Waals surface area contributed by atoms with Gasteiger partial charge in [0.15, 0.2) is 0 Å². The lowest BCUT2D eigenvalue weighted by Gasteiger charge is -2.35. The molecule has 0 unspecified atom stereocenters. The van der Waals surface area contributed by atoms with E-state index >= 15 is 0 Å². The molecule has 5 nitrogen and oxygen atoms in total. The maximum Gasteiger partial charge on any atom is 0.254 e. The second kappa shape index (κ2) is 6.56. The summed E-state index contributed by atoms with van der Waals surface area (Å²) in [5, 5.41) is 12.3. The van der Waals surface area contributed by atoms with Crippen molar-refractivity contribution < 1.29 is 9.90 Å². The molecule has 2 N–H and O–H groups in total. The molecule has 2 aliphatic rings. The third kappa shape index (κ3) is 3.10. The molecule has 1 aromatic carbocycles. The van der Waals surface area contributed by atoms with Crippen molar-refractivity contribution in [1.29, 1.82) is 0 Å². The Bertz CT molecular complexity index is 510. The molecule has 0 atom stereocenters. The SMILES string of the molecule is O=C(c1cccc2c1CCNC2)N1CCN(CCO)CC1. The highest BCUT2D eigenvalue weighted by Crippen LogP contribution is 2.20. The van der Waals surface area contributed by atoms with Crippen molar-refractivity contribution in [1.82, 2.24) is 15.1 Å². The van der Waals surface area contributed by atoms with E-state index in [0.29, 0.717) is 6.54 Å². The van der Waals surface area contributed by atoms with Crippen LogP contribution in [-0.4, -0.2) is 66.7 Å². The Balaban J connectivity index is 1.72. The fraction of sp³-hybridized carbons (Fsp3) is 0.562. The smallest absolute Gasteiger partial charge is 0.254 e. The van der Waals surface area contributed by atoms with Crippen LogP contribution in [0.4, 0.5) is 0 Å². The Morgan fingerprint density at radius 1 is 1.24 bits per heavy atom. The minimum atomic E-state index is 0.164. The lowest BCUT2D eigenvalue weighted by Crippen LogP contribution is -2.49. The topological polar surface area (TPSA) is 55.8 Å². The molecule has 0 aromatic heterocycles. The number of hydrogen-bond donors (Lipinski definition) is 2. The van der Waals surface area contributed by atoms with Crippen LogP contribution in [0.2, 0.25) is 0 Å². The van der Waals surface area contributed by atoms with Crippen molar-refractivity contribution in [3.63, 3.8) is 0 Å². The van der Waals surface area contributed by atoms with Crippen LogP contribution in [0.3, 0.4) is 0 Å². The van der Waals surface area contributed by atoms with E-state index in [-0.39, 0.29) is 12.5 Å². The van der Waals surface area contributed by atoms with E-state index in [2.05, 4.69) is 16.3 Å². The predicted octanol–water partition coefficient (Wildman–Crippen LogP) is 0.0824. The maximum atomic E-state index is 12.8. The Hall–Kier alpha value is -1.43. The summed E-state index contributed by atoms with van der Waals surface area (Å²) in [7, 11) is 0. The molecule has 1 aromatic rings. The van der Waals surface area contributed by atoms with Crippen molar-refractivity contribution >= 4 is 5.91 Å². The van der Waals surface area contributed by atoms with Gasteiger partial charge in [-0.25, -0.2) is 0 Å². The molecule has 0 spiro atoms. The molecule has 3 rings (SSSR count). The quantitative estimate of drug-likeness (QED) is 0.828. The second-order valence-electron chi connectivity index (χ2n) is 5.73. The summed E-state index contributed by atoms with van der Waals surface area (Å²) in [5.41, 5.74) is 3.36. The van der Waals surface area contributed by atoms with Gasteiger partial charge in [-0.1, -0.05) is 12.1 Å². The normalized spacial score (nSPS) is 19.4. The zero-order valence-electron chi connectivity index (χ0n) is 12.3. The summed E-state index contributed by atoms with van der Waals surface area (Å²) in [6, 6.07) is 6.06. The highest BCUT2D eigenvalue weighted by atomic mass is 16.3. The van der Waals surface area contributed by atoms with Crippen LogP contribution in [0, 0.1) is 0 Å². The Labute approximate surface area is 125 Å². The minimum Gasteiger partial charge on any atom is -0.395 e. The van der Waals surface area contributed by atoms with E-state index in [1.807, 2.05) is 17.0 Å². The molecular weight excluding hydrogens is 266 g/mol. The molecule has 1 fully saturated rings. The van der Waals surface area contributed by atoms with E-state index in [1.54, 1.807) is 0 Å². The first-order valence-corrected chi connectivity index (χ1v) is 7.73. The number of aliphatic hydroxyl groups is 1. The molecule has 0 saturated carbocycles. The molecule has 5 heteroatoms. The Kier molecular flexibility index (Phi) is 4.53. The van der Waals surface area contributed by atoms with Gasteiger partial charge in [0.2, 0.25) is 0 Å². The van der Waals surface area contributed by atoms with Crippen LogP contribution in [0.5, 0.6) is 0 Å². The summed E-state index contributed by atoms with van der Waals surface area (Å²) < 4.78 is 0. The molecule has 2 heterocycles. The number of aliphatic hydroxyl groups excluding tert-OH is 1. The Morgan fingerprint density at radius 2 is 2.05 bits per heavy atom. The van der Waals surface area contributed by atoms with Crippen LogP contribution in [0.15, 0.2) is 18.2 Å². The van der Waals surface area contributed by atoms with Crippen molar-refractivity contribution in [3.8, 4) is 0 Å². The van der Waals surface area contributed by atoms with E-state index in [1.165, 1.54) is 11.1 Å². The highest BCUT2D eigenvalue weighted by molar-refractivity contribution is 5.96. The van der Waals surface area contributed by atoms with Gasteiger partial charge in [0.1, 0.15) is 0 Å². The molecule has 21 heavy (non-hydrogen) atoms. The number of carbonyl (C=O) groups is 1. The number of β-amino-alcohol motifs (C(OH)–C–C–N with tert-alkyl or cyclic N) is 1. The van der Waals surface area contributed by atoms with Gasteiger partial charge in [0.25, 0.3) is 5.91 Å².